The number of aryl methyl sites for hydroxylation is 2. The van der Waals surface area contributed by atoms with Gasteiger partial charge in [0, 0.05) is 7.05 Å². The fourth-order valence-corrected chi connectivity index (χ4v) is 3.56. The van der Waals surface area contributed by atoms with Crippen molar-refractivity contribution in [3.05, 3.63) is 34.9 Å². The Bertz CT molecular complexity index is 767. The largest absolute Gasteiger partial charge is 0.398 e. The molecule has 114 valence electrons. The molecule has 2 aromatic rings. The van der Waals surface area contributed by atoms with Crippen molar-refractivity contribution < 1.29 is 8.42 Å². The number of hydrogen-bond donors (Lipinski definition) is 2. The Hall–Kier alpha value is -1.93. The summed E-state index contributed by atoms with van der Waals surface area (Å²) in [6.45, 7) is 5.45. The van der Waals surface area contributed by atoms with Crippen LogP contribution in [0.3, 0.4) is 0 Å². The summed E-state index contributed by atoms with van der Waals surface area (Å²) in [5.41, 5.74) is 7.65. The van der Waals surface area contributed by atoms with Crippen molar-refractivity contribution in [2.75, 3.05) is 12.8 Å². The summed E-state index contributed by atoms with van der Waals surface area (Å²) in [5.74, 6) is 1.06. The molecule has 1 aromatic heterocycles. The molecule has 0 unspecified atom stereocenters. The lowest BCUT2D eigenvalue weighted by Gasteiger charge is -2.19. The van der Waals surface area contributed by atoms with Crippen LogP contribution in [-0.2, 0) is 16.6 Å². The van der Waals surface area contributed by atoms with Crippen LogP contribution in [0.15, 0.2) is 17.0 Å². The van der Waals surface area contributed by atoms with E-state index in [1.54, 1.807) is 19.9 Å². The summed E-state index contributed by atoms with van der Waals surface area (Å²) in [6, 6.07) is 3.42. The molecule has 0 saturated heterocycles. The monoisotopic (exact) mass is 309 g/mol. The maximum absolute atomic E-state index is 12.7. The first-order valence-electron chi connectivity index (χ1n) is 6.43. The van der Waals surface area contributed by atoms with Crippen LogP contribution in [0, 0.1) is 20.8 Å². The van der Waals surface area contributed by atoms with E-state index in [-0.39, 0.29) is 17.1 Å². The first-order chi connectivity index (χ1) is 9.73. The molecule has 0 atom stereocenters. The number of anilines is 1. The van der Waals surface area contributed by atoms with Crippen LogP contribution in [0.4, 0.5) is 5.69 Å². The molecule has 0 spiro atoms. The van der Waals surface area contributed by atoms with E-state index in [1.807, 2.05) is 13.0 Å². The number of rotatable bonds is 4. The molecule has 2 rings (SSSR count). The number of hydrogen-bond acceptors (Lipinski definition) is 5. The van der Waals surface area contributed by atoms with Crippen LogP contribution in [0.25, 0.3) is 0 Å². The van der Waals surface area contributed by atoms with Gasteiger partial charge >= 0.3 is 0 Å². The van der Waals surface area contributed by atoms with E-state index in [9.17, 15) is 8.42 Å². The van der Waals surface area contributed by atoms with Crippen molar-refractivity contribution in [3.63, 3.8) is 0 Å². The van der Waals surface area contributed by atoms with Crippen molar-refractivity contribution in [1.29, 1.82) is 0 Å². The minimum Gasteiger partial charge on any atom is -0.398 e. The fraction of sp³-hybridized carbons (Fsp3) is 0.385. The van der Waals surface area contributed by atoms with Gasteiger partial charge in [-0.3, -0.25) is 5.10 Å². The van der Waals surface area contributed by atoms with Gasteiger partial charge in [-0.2, -0.15) is 9.40 Å². The molecule has 0 amide bonds. The predicted octanol–water partition coefficient (Wildman–Crippen LogP) is 1.13. The number of nitrogens with one attached hydrogen (secondary N) is 1. The lowest BCUT2D eigenvalue weighted by Crippen LogP contribution is -2.28. The summed E-state index contributed by atoms with van der Waals surface area (Å²) in [6.07, 6.45) is 0. The van der Waals surface area contributed by atoms with E-state index in [0.29, 0.717) is 17.2 Å². The number of nitrogens with two attached hydrogens (primary N) is 1. The number of sulfonamides is 1. The van der Waals surface area contributed by atoms with Gasteiger partial charge < -0.3 is 5.73 Å². The van der Waals surface area contributed by atoms with Gasteiger partial charge in [-0.1, -0.05) is 6.07 Å². The Morgan fingerprint density at radius 1 is 1.29 bits per heavy atom. The molecule has 8 heteroatoms. The highest BCUT2D eigenvalue weighted by Gasteiger charge is 2.27. The van der Waals surface area contributed by atoms with Crippen molar-refractivity contribution in [1.82, 2.24) is 19.5 Å². The van der Waals surface area contributed by atoms with Gasteiger partial charge in [0.05, 0.1) is 12.2 Å². The van der Waals surface area contributed by atoms with Crippen molar-refractivity contribution in [3.8, 4) is 0 Å². The second kappa shape index (κ2) is 5.45. The van der Waals surface area contributed by atoms with Crippen molar-refractivity contribution in [2.24, 2.45) is 0 Å². The first-order valence-corrected chi connectivity index (χ1v) is 7.87. The predicted molar refractivity (Wildman–Crippen MR) is 80.1 cm³/mol. The van der Waals surface area contributed by atoms with Gasteiger partial charge in [-0.15, -0.1) is 0 Å². The number of H-pyrrole nitrogens is 1. The third-order valence-electron chi connectivity index (χ3n) is 3.38. The fourth-order valence-electron chi connectivity index (χ4n) is 2.05. The van der Waals surface area contributed by atoms with E-state index in [2.05, 4.69) is 15.2 Å². The van der Waals surface area contributed by atoms with Gasteiger partial charge in [0.2, 0.25) is 10.0 Å². The normalized spacial score (nSPS) is 12.0. The summed E-state index contributed by atoms with van der Waals surface area (Å²) >= 11 is 0. The third kappa shape index (κ3) is 2.91. The molecule has 0 aliphatic heterocycles. The van der Waals surface area contributed by atoms with E-state index >= 15 is 0 Å². The zero-order valence-corrected chi connectivity index (χ0v) is 13.3. The van der Waals surface area contributed by atoms with Gasteiger partial charge in [0.1, 0.15) is 10.7 Å². The average Bonchev–Trinajstić information content (AvgIpc) is 2.79. The molecule has 1 aromatic carbocycles. The Labute approximate surface area is 124 Å². The number of benzene rings is 1. The maximum atomic E-state index is 12.7. The second-order valence-electron chi connectivity index (χ2n) is 5.02. The quantitative estimate of drug-likeness (QED) is 0.824. The van der Waals surface area contributed by atoms with Gasteiger partial charge in [0.25, 0.3) is 0 Å². The van der Waals surface area contributed by atoms with Gasteiger partial charge in [0.15, 0.2) is 5.82 Å². The van der Waals surface area contributed by atoms with Crippen LogP contribution in [0.2, 0.25) is 0 Å². The Balaban J connectivity index is 2.40. The minimum absolute atomic E-state index is 0.0828. The lowest BCUT2D eigenvalue weighted by molar-refractivity contribution is 0.457. The molecule has 0 bridgehead atoms. The van der Waals surface area contributed by atoms with E-state index in [0.717, 1.165) is 5.56 Å². The summed E-state index contributed by atoms with van der Waals surface area (Å²) < 4.78 is 26.6. The molecule has 0 aliphatic carbocycles. The molecule has 0 saturated carbocycles. The number of aromatic nitrogens is 3. The smallest absolute Gasteiger partial charge is 0.245 e. The van der Waals surface area contributed by atoms with E-state index in [4.69, 9.17) is 5.73 Å². The highest BCUT2D eigenvalue weighted by Crippen LogP contribution is 2.28. The zero-order chi connectivity index (χ0) is 15.8. The average molecular weight is 309 g/mol. The second-order valence-corrected chi connectivity index (χ2v) is 7.01. The molecule has 7 nitrogen and oxygen atoms in total. The molecular formula is C13H19N5O2S. The maximum Gasteiger partial charge on any atom is 0.245 e. The molecular weight excluding hydrogens is 290 g/mol. The zero-order valence-electron chi connectivity index (χ0n) is 12.5. The van der Waals surface area contributed by atoms with Crippen LogP contribution in [-0.4, -0.2) is 35.0 Å². The summed E-state index contributed by atoms with van der Waals surface area (Å²) in [4.78, 5) is 4.27. The van der Waals surface area contributed by atoms with Gasteiger partial charge in [-0.25, -0.2) is 13.4 Å². The Morgan fingerprint density at radius 3 is 2.52 bits per heavy atom. The number of nitrogens with zero attached hydrogens (tertiary/aromatic N) is 3. The van der Waals surface area contributed by atoms with Crippen LogP contribution < -0.4 is 5.73 Å². The molecule has 21 heavy (non-hydrogen) atoms. The summed E-state index contributed by atoms with van der Waals surface area (Å²) in [5, 5.41) is 6.64. The SMILES string of the molecule is Cc1nc(CN(C)S(=O)(=O)c2c(N)ccc(C)c2C)n[nH]1. The standard InChI is InChI=1S/C13H19N5O2S/c1-8-5-6-11(14)13(9(8)2)21(19,20)18(4)7-12-15-10(3)16-17-12/h5-6H,7,14H2,1-4H3,(H,15,16,17). The molecule has 0 fully saturated rings. The topological polar surface area (TPSA) is 105 Å². The lowest BCUT2D eigenvalue weighted by atomic mass is 10.1. The van der Waals surface area contributed by atoms with Crippen LogP contribution in [0.1, 0.15) is 22.8 Å². The first kappa shape index (κ1) is 15.5. The van der Waals surface area contributed by atoms with Gasteiger partial charge in [-0.05, 0) is 38.0 Å². The van der Waals surface area contributed by atoms with Crippen LogP contribution >= 0.6 is 0 Å². The van der Waals surface area contributed by atoms with Crippen LogP contribution in [0.5, 0.6) is 0 Å². The third-order valence-corrected chi connectivity index (χ3v) is 5.39. The Morgan fingerprint density at radius 2 is 1.95 bits per heavy atom. The number of aromatic amines is 1. The molecule has 1 heterocycles. The molecule has 0 radical (unpaired) electrons. The molecule has 0 aliphatic rings. The minimum atomic E-state index is -3.70. The van der Waals surface area contributed by atoms with Crippen molar-refractivity contribution in [2.45, 2.75) is 32.2 Å². The highest BCUT2D eigenvalue weighted by molar-refractivity contribution is 7.89. The van der Waals surface area contributed by atoms with E-state index < -0.39 is 10.0 Å². The summed E-state index contributed by atoms with van der Waals surface area (Å²) in [7, 11) is -2.21. The Kier molecular flexibility index (Phi) is 4.02. The van der Waals surface area contributed by atoms with Crippen molar-refractivity contribution >= 4 is 15.7 Å². The molecule has 3 N–H and O–H groups in total. The van der Waals surface area contributed by atoms with E-state index in [1.165, 1.54) is 11.4 Å². The highest BCUT2D eigenvalue weighted by atomic mass is 32.2. The number of nitrogen functional groups attached to an aromatic ring is 1.